The monoisotopic (exact) mass is 330 g/mol. The Morgan fingerprint density at radius 3 is 2.68 bits per heavy atom. The average molecular weight is 331 g/mol. The van der Waals surface area contributed by atoms with E-state index in [-0.39, 0.29) is 10.2 Å². The molecule has 0 unspecified atom stereocenters. The first-order valence-electron chi connectivity index (χ1n) is 5.68. The Morgan fingerprint density at radius 1 is 1.37 bits per heavy atom. The fourth-order valence-corrected chi connectivity index (χ4v) is 2.02. The van der Waals surface area contributed by atoms with Crippen LogP contribution in [0.5, 0.6) is 0 Å². The first-order chi connectivity index (χ1) is 8.93. The molecule has 2 rings (SSSR count). The highest BCUT2D eigenvalue weighted by Crippen LogP contribution is 2.29. The van der Waals surface area contributed by atoms with Crippen molar-refractivity contribution in [1.29, 1.82) is 0 Å². The van der Waals surface area contributed by atoms with E-state index in [1.807, 2.05) is 6.92 Å². The van der Waals surface area contributed by atoms with Gasteiger partial charge in [-0.15, -0.1) is 0 Å². The SMILES string of the molecule is CCn1nc(C)c(N)c1Nc1cc(F)c(Br)cc1F. The number of nitrogens with two attached hydrogens (primary N) is 1. The summed E-state index contributed by atoms with van der Waals surface area (Å²) in [6.45, 7) is 4.21. The summed E-state index contributed by atoms with van der Waals surface area (Å²) in [5.74, 6) is -0.670. The van der Waals surface area contributed by atoms with E-state index < -0.39 is 11.6 Å². The molecular weight excluding hydrogens is 318 g/mol. The molecule has 0 aliphatic carbocycles. The molecule has 0 amide bonds. The molecule has 0 fully saturated rings. The van der Waals surface area contributed by atoms with Crippen molar-refractivity contribution in [2.24, 2.45) is 0 Å². The van der Waals surface area contributed by atoms with Crippen molar-refractivity contribution in [3.8, 4) is 0 Å². The molecule has 1 aromatic heterocycles. The predicted octanol–water partition coefficient (Wildman–Crippen LogP) is 3.58. The third-order valence-electron chi connectivity index (χ3n) is 2.74. The second kappa shape index (κ2) is 5.16. The molecule has 0 aliphatic heterocycles. The summed E-state index contributed by atoms with van der Waals surface area (Å²) >= 11 is 2.93. The number of rotatable bonds is 3. The highest BCUT2D eigenvalue weighted by Gasteiger charge is 2.15. The van der Waals surface area contributed by atoms with E-state index in [2.05, 4.69) is 26.3 Å². The number of hydrogen-bond acceptors (Lipinski definition) is 3. The number of nitrogens with one attached hydrogen (secondary N) is 1. The highest BCUT2D eigenvalue weighted by molar-refractivity contribution is 9.10. The molecule has 0 aliphatic rings. The molecule has 19 heavy (non-hydrogen) atoms. The largest absolute Gasteiger partial charge is 0.394 e. The molecule has 0 atom stereocenters. The van der Waals surface area contributed by atoms with E-state index in [1.165, 1.54) is 0 Å². The van der Waals surface area contributed by atoms with Crippen LogP contribution in [0.3, 0.4) is 0 Å². The Hall–Kier alpha value is -1.63. The molecule has 4 nitrogen and oxygen atoms in total. The van der Waals surface area contributed by atoms with Crippen LogP contribution in [-0.2, 0) is 6.54 Å². The maximum Gasteiger partial charge on any atom is 0.152 e. The van der Waals surface area contributed by atoms with Gasteiger partial charge in [0.1, 0.15) is 11.6 Å². The molecule has 102 valence electrons. The van der Waals surface area contributed by atoms with Crippen LogP contribution in [0, 0.1) is 18.6 Å². The lowest BCUT2D eigenvalue weighted by Crippen LogP contribution is -2.05. The van der Waals surface area contributed by atoms with Crippen LogP contribution in [0.15, 0.2) is 16.6 Å². The maximum atomic E-state index is 13.8. The van der Waals surface area contributed by atoms with Gasteiger partial charge >= 0.3 is 0 Å². The lowest BCUT2D eigenvalue weighted by Gasteiger charge is -2.10. The van der Waals surface area contributed by atoms with Crippen LogP contribution in [0.4, 0.5) is 26.0 Å². The van der Waals surface area contributed by atoms with Gasteiger partial charge in [-0.1, -0.05) is 0 Å². The number of benzene rings is 1. The minimum atomic E-state index is -0.575. The number of nitrogens with zero attached hydrogens (tertiary/aromatic N) is 2. The molecule has 1 aromatic carbocycles. The standard InChI is InChI=1S/C12H13BrF2N4/c1-3-19-12(11(16)6(2)18-19)17-10-5-8(14)7(13)4-9(10)15/h4-5,17H,3,16H2,1-2H3. The van der Waals surface area contributed by atoms with Gasteiger partial charge in [0.05, 0.1) is 21.5 Å². The van der Waals surface area contributed by atoms with Crippen molar-refractivity contribution in [2.75, 3.05) is 11.1 Å². The lowest BCUT2D eigenvalue weighted by atomic mass is 10.3. The molecule has 3 N–H and O–H groups in total. The number of aromatic nitrogens is 2. The summed E-state index contributed by atoms with van der Waals surface area (Å²) in [5, 5.41) is 6.99. The second-order valence-electron chi connectivity index (χ2n) is 4.03. The van der Waals surface area contributed by atoms with Crippen molar-refractivity contribution in [1.82, 2.24) is 9.78 Å². The zero-order valence-corrected chi connectivity index (χ0v) is 12.1. The van der Waals surface area contributed by atoms with Crippen molar-refractivity contribution in [3.05, 3.63) is 33.9 Å². The summed E-state index contributed by atoms with van der Waals surface area (Å²) in [7, 11) is 0. The lowest BCUT2D eigenvalue weighted by molar-refractivity contribution is 0.597. The first kappa shape index (κ1) is 13.8. The van der Waals surface area contributed by atoms with Gasteiger partial charge in [-0.2, -0.15) is 5.10 Å². The van der Waals surface area contributed by atoms with Gasteiger partial charge in [-0.05, 0) is 35.8 Å². The Kier molecular flexibility index (Phi) is 3.75. The van der Waals surface area contributed by atoms with Crippen LogP contribution in [0.2, 0.25) is 0 Å². The zero-order chi connectivity index (χ0) is 14.2. The molecule has 0 spiro atoms. The van der Waals surface area contributed by atoms with Crippen molar-refractivity contribution >= 4 is 33.1 Å². The Bertz CT molecular complexity index is 625. The second-order valence-corrected chi connectivity index (χ2v) is 4.89. The molecule has 1 heterocycles. The third-order valence-corrected chi connectivity index (χ3v) is 3.34. The fourth-order valence-electron chi connectivity index (χ4n) is 1.70. The summed E-state index contributed by atoms with van der Waals surface area (Å²) in [5.41, 5.74) is 6.95. The van der Waals surface area contributed by atoms with E-state index in [1.54, 1.807) is 11.6 Å². The van der Waals surface area contributed by atoms with Gasteiger partial charge in [0.25, 0.3) is 0 Å². The van der Waals surface area contributed by atoms with Crippen LogP contribution in [-0.4, -0.2) is 9.78 Å². The van der Waals surface area contributed by atoms with Crippen LogP contribution < -0.4 is 11.1 Å². The predicted molar refractivity (Wildman–Crippen MR) is 74.4 cm³/mol. The van der Waals surface area contributed by atoms with Gasteiger partial charge in [0, 0.05) is 12.6 Å². The normalized spacial score (nSPS) is 10.8. The molecule has 0 radical (unpaired) electrons. The van der Waals surface area contributed by atoms with E-state index >= 15 is 0 Å². The number of halogens is 3. The quantitative estimate of drug-likeness (QED) is 0.846. The van der Waals surface area contributed by atoms with Gasteiger partial charge in [-0.25, -0.2) is 13.5 Å². The Morgan fingerprint density at radius 2 is 2.05 bits per heavy atom. The average Bonchev–Trinajstić information content (AvgIpc) is 2.63. The minimum Gasteiger partial charge on any atom is -0.394 e. The molecule has 7 heteroatoms. The fraction of sp³-hybridized carbons (Fsp3) is 0.250. The summed E-state index contributed by atoms with van der Waals surface area (Å²) in [4.78, 5) is 0. The highest BCUT2D eigenvalue weighted by atomic mass is 79.9. The molecule has 2 aromatic rings. The van der Waals surface area contributed by atoms with Gasteiger partial charge in [0.15, 0.2) is 5.82 Å². The minimum absolute atomic E-state index is 0.0157. The van der Waals surface area contributed by atoms with E-state index in [0.29, 0.717) is 23.7 Å². The topological polar surface area (TPSA) is 55.9 Å². The maximum absolute atomic E-state index is 13.8. The van der Waals surface area contributed by atoms with Crippen molar-refractivity contribution in [2.45, 2.75) is 20.4 Å². The Balaban J connectivity index is 2.44. The molecular formula is C12H13BrF2N4. The Labute approximate surface area is 117 Å². The van der Waals surface area contributed by atoms with E-state index in [0.717, 1.165) is 12.1 Å². The number of hydrogen-bond donors (Lipinski definition) is 2. The van der Waals surface area contributed by atoms with E-state index in [4.69, 9.17) is 5.73 Å². The number of anilines is 3. The van der Waals surface area contributed by atoms with Crippen LogP contribution in [0.25, 0.3) is 0 Å². The van der Waals surface area contributed by atoms with Crippen LogP contribution in [0.1, 0.15) is 12.6 Å². The van der Waals surface area contributed by atoms with Gasteiger partial charge in [-0.3, -0.25) is 0 Å². The van der Waals surface area contributed by atoms with Gasteiger partial charge in [0.2, 0.25) is 0 Å². The number of nitrogen functional groups attached to an aromatic ring is 1. The number of aryl methyl sites for hydroxylation is 2. The molecule has 0 bridgehead atoms. The van der Waals surface area contributed by atoms with Crippen LogP contribution >= 0.6 is 15.9 Å². The molecule has 0 saturated carbocycles. The third kappa shape index (κ3) is 2.56. The van der Waals surface area contributed by atoms with Crippen molar-refractivity contribution in [3.63, 3.8) is 0 Å². The summed E-state index contributed by atoms with van der Waals surface area (Å²) in [6, 6.07) is 2.13. The smallest absolute Gasteiger partial charge is 0.152 e. The first-order valence-corrected chi connectivity index (χ1v) is 6.47. The summed E-state index contributed by atoms with van der Waals surface area (Å²) in [6.07, 6.45) is 0. The van der Waals surface area contributed by atoms with E-state index in [9.17, 15) is 8.78 Å². The zero-order valence-electron chi connectivity index (χ0n) is 10.5. The van der Waals surface area contributed by atoms with Gasteiger partial charge < -0.3 is 11.1 Å². The molecule has 0 saturated heterocycles. The summed E-state index contributed by atoms with van der Waals surface area (Å²) < 4.78 is 28.9. The van der Waals surface area contributed by atoms with Crippen molar-refractivity contribution < 1.29 is 8.78 Å².